The first kappa shape index (κ1) is 17.5. The van der Waals surface area contributed by atoms with Crippen LogP contribution in [0.5, 0.6) is 0 Å². The first-order chi connectivity index (χ1) is 11.7. The molecule has 1 aromatic rings. The van der Waals surface area contributed by atoms with Gasteiger partial charge in [0.05, 0.1) is 0 Å². The lowest BCUT2D eigenvalue weighted by Crippen LogP contribution is -2.45. The van der Waals surface area contributed by atoms with Gasteiger partial charge in [-0.25, -0.2) is 0 Å². The molecule has 0 amide bonds. The molecule has 3 nitrogen and oxygen atoms in total. The highest BCUT2D eigenvalue weighted by Gasteiger charge is 2.32. The molecule has 24 heavy (non-hydrogen) atoms. The molecular weight excluding hydrogens is 298 g/mol. The average Bonchev–Trinajstić information content (AvgIpc) is 3.11. The number of esters is 1. The molecule has 0 bridgehead atoms. The van der Waals surface area contributed by atoms with Crippen molar-refractivity contribution >= 4 is 5.97 Å². The summed E-state index contributed by atoms with van der Waals surface area (Å²) in [5, 5.41) is 3.52. The second-order valence-electron chi connectivity index (χ2n) is 7.59. The first-order valence-corrected chi connectivity index (χ1v) is 9.72. The smallest absolute Gasteiger partial charge is 0.323 e. The fourth-order valence-electron chi connectivity index (χ4n) is 4.09. The Bertz CT molecular complexity index is 513. The van der Waals surface area contributed by atoms with Crippen LogP contribution in [0.4, 0.5) is 0 Å². The Hall–Kier alpha value is -1.35. The maximum absolute atomic E-state index is 12.8. The summed E-state index contributed by atoms with van der Waals surface area (Å²) in [6.07, 6.45) is 10.7. The summed E-state index contributed by atoms with van der Waals surface area (Å²) in [6.45, 7) is 2.84. The van der Waals surface area contributed by atoms with Crippen LogP contribution in [0.3, 0.4) is 0 Å². The Morgan fingerprint density at radius 3 is 2.33 bits per heavy atom. The molecule has 132 valence electrons. The van der Waals surface area contributed by atoms with Crippen LogP contribution in [0.2, 0.25) is 0 Å². The lowest BCUT2D eigenvalue weighted by atomic mass is 9.83. The Labute approximate surface area is 146 Å². The van der Waals surface area contributed by atoms with Crippen LogP contribution >= 0.6 is 0 Å². The van der Waals surface area contributed by atoms with Crippen molar-refractivity contribution in [3.8, 4) is 0 Å². The van der Waals surface area contributed by atoms with Gasteiger partial charge in [-0.1, -0.05) is 49.1 Å². The van der Waals surface area contributed by atoms with Crippen molar-refractivity contribution in [2.45, 2.75) is 83.4 Å². The number of hydrogen-bond acceptors (Lipinski definition) is 3. The second kappa shape index (κ2) is 8.66. The molecular formula is C21H31NO2. The lowest BCUT2D eigenvalue weighted by molar-refractivity contribution is -0.153. The zero-order valence-corrected chi connectivity index (χ0v) is 14.9. The van der Waals surface area contributed by atoms with Crippen molar-refractivity contribution in [2.75, 3.05) is 0 Å². The Kier molecular flexibility index (Phi) is 6.30. The summed E-state index contributed by atoms with van der Waals surface area (Å²) < 4.78 is 5.83. The predicted molar refractivity (Wildman–Crippen MR) is 96.7 cm³/mol. The van der Waals surface area contributed by atoms with Gasteiger partial charge in [0.15, 0.2) is 0 Å². The lowest BCUT2D eigenvalue weighted by Gasteiger charge is -2.30. The van der Waals surface area contributed by atoms with Crippen LogP contribution in [0, 0.1) is 12.8 Å². The van der Waals surface area contributed by atoms with E-state index >= 15 is 0 Å². The molecule has 0 saturated heterocycles. The van der Waals surface area contributed by atoms with Gasteiger partial charge in [-0.05, 0) is 56.9 Å². The van der Waals surface area contributed by atoms with E-state index in [-0.39, 0.29) is 18.1 Å². The molecule has 3 rings (SSSR count). The SMILES string of the molecule is Cc1ccc(CNC(C(=O)OC2CCCC2)C2CCCCC2)cc1. The molecule has 2 fully saturated rings. The van der Waals surface area contributed by atoms with Crippen LogP contribution in [0.1, 0.15) is 68.9 Å². The fourth-order valence-corrected chi connectivity index (χ4v) is 4.09. The number of hydrogen-bond donors (Lipinski definition) is 1. The van der Waals surface area contributed by atoms with Gasteiger partial charge in [-0.15, -0.1) is 0 Å². The summed E-state index contributed by atoms with van der Waals surface area (Å²) in [5.74, 6) is 0.416. The van der Waals surface area contributed by atoms with Crippen molar-refractivity contribution in [1.29, 1.82) is 0 Å². The largest absolute Gasteiger partial charge is 0.461 e. The molecule has 1 unspecified atom stereocenters. The van der Waals surface area contributed by atoms with E-state index in [2.05, 4.69) is 36.5 Å². The number of carbonyl (C=O) groups excluding carboxylic acids is 1. The van der Waals surface area contributed by atoms with Crippen molar-refractivity contribution in [3.05, 3.63) is 35.4 Å². The molecule has 1 aromatic carbocycles. The van der Waals surface area contributed by atoms with E-state index in [4.69, 9.17) is 4.74 Å². The molecule has 2 aliphatic rings. The van der Waals surface area contributed by atoms with Crippen LogP contribution < -0.4 is 5.32 Å². The number of rotatable bonds is 6. The third-order valence-electron chi connectivity index (χ3n) is 5.61. The van der Waals surface area contributed by atoms with Gasteiger partial charge in [-0.3, -0.25) is 4.79 Å². The minimum absolute atomic E-state index is 0.0130. The molecule has 1 N–H and O–H groups in total. The van der Waals surface area contributed by atoms with E-state index in [1.807, 2.05) is 0 Å². The average molecular weight is 329 g/mol. The van der Waals surface area contributed by atoms with Crippen molar-refractivity contribution in [2.24, 2.45) is 5.92 Å². The maximum Gasteiger partial charge on any atom is 0.323 e. The van der Waals surface area contributed by atoms with E-state index in [0.29, 0.717) is 5.92 Å². The Morgan fingerprint density at radius 1 is 1.04 bits per heavy atom. The van der Waals surface area contributed by atoms with Gasteiger partial charge in [0.25, 0.3) is 0 Å². The van der Waals surface area contributed by atoms with Crippen molar-refractivity contribution in [1.82, 2.24) is 5.32 Å². The molecule has 2 saturated carbocycles. The monoisotopic (exact) mass is 329 g/mol. The highest BCUT2D eigenvalue weighted by molar-refractivity contribution is 5.76. The number of nitrogens with one attached hydrogen (secondary N) is 1. The Morgan fingerprint density at radius 2 is 1.67 bits per heavy atom. The summed E-state index contributed by atoms with van der Waals surface area (Å²) in [4.78, 5) is 12.8. The van der Waals surface area contributed by atoms with E-state index in [9.17, 15) is 4.79 Å². The van der Waals surface area contributed by atoms with Crippen LogP contribution in [-0.4, -0.2) is 18.1 Å². The topological polar surface area (TPSA) is 38.3 Å². The van der Waals surface area contributed by atoms with Crippen molar-refractivity contribution < 1.29 is 9.53 Å². The molecule has 0 radical (unpaired) electrons. The summed E-state index contributed by atoms with van der Waals surface area (Å²) in [5.41, 5.74) is 2.50. The van der Waals surface area contributed by atoms with Crippen LogP contribution in [0.15, 0.2) is 24.3 Å². The van der Waals surface area contributed by atoms with E-state index in [1.54, 1.807) is 0 Å². The fraction of sp³-hybridized carbons (Fsp3) is 0.667. The molecule has 3 heteroatoms. The molecule has 2 aliphatic carbocycles. The standard InChI is InChI=1S/C21H31NO2/c1-16-11-13-17(14-12-16)15-22-20(18-7-3-2-4-8-18)21(23)24-19-9-5-6-10-19/h11-14,18-20,22H,2-10,15H2,1H3. The highest BCUT2D eigenvalue weighted by atomic mass is 16.5. The number of ether oxygens (including phenoxy) is 1. The Balaban J connectivity index is 1.61. The predicted octanol–water partition coefficient (Wildman–Crippen LogP) is 4.52. The third kappa shape index (κ3) is 4.83. The van der Waals surface area contributed by atoms with E-state index in [0.717, 1.165) is 32.2 Å². The van der Waals surface area contributed by atoms with Gasteiger partial charge < -0.3 is 10.1 Å². The molecule has 0 aromatic heterocycles. The number of aryl methyl sites for hydroxylation is 1. The minimum Gasteiger partial charge on any atom is -0.461 e. The quantitative estimate of drug-likeness (QED) is 0.780. The number of carbonyl (C=O) groups is 1. The molecule has 0 spiro atoms. The zero-order chi connectivity index (χ0) is 16.8. The molecule has 1 atom stereocenters. The zero-order valence-electron chi connectivity index (χ0n) is 14.9. The van der Waals surface area contributed by atoms with Gasteiger partial charge >= 0.3 is 5.97 Å². The summed E-state index contributed by atoms with van der Waals surface area (Å²) in [6, 6.07) is 8.39. The molecule has 0 aliphatic heterocycles. The van der Waals surface area contributed by atoms with Gasteiger partial charge in [-0.2, -0.15) is 0 Å². The second-order valence-corrected chi connectivity index (χ2v) is 7.59. The summed E-state index contributed by atoms with van der Waals surface area (Å²) in [7, 11) is 0. The van der Waals surface area contributed by atoms with Crippen LogP contribution in [0.25, 0.3) is 0 Å². The van der Waals surface area contributed by atoms with E-state index < -0.39 is 0 Å². The summed E-state index contributed by atoms with van der Waals surface area (Å²) >= 11 is 0. The highest BCUT2D eigenvalue weighted by Crippen LogP contribution is 2.29. The van der Waals surface area contributed by atoms with Gasteiger partial charge in [0.2, 0.25) is 0 Å². The van der Waals surface area contributed by atoms with Gasteiger partial charge in [0.1, 0.15) is 12.1 Å². The van der Waals surface area contributed by atoms with Crippen molar-refractivity contribution in [3.63, 3.8) is 0 Å². The third-order valence-corrected chi connectivity index (χ3v) is 5.61. The normalized spacial score (nSPS) is 20.9. The maximum atomic E-state index is 12.8. The van der Waals surface area contributed by atoms with Crippen LogP contribution in [-0.2, 0) is 16.1 Å². The minimum atomic E-state index is -0.146. The van der Waals surface area contributed by atoms with E-state index in [1.165, 1.54) is 43.2 Å². The molecule has 0 heterocycles. The number of benzene rings is 1. The first-order valence-electron chi connectivity index (χ1n) is 9.72. The van der Waals surface area contributed by atoms with Gasteiger partial charge in [0, 0.05) is 6.54 Å².